The fourth-order valence-electron chi connectivity index (χ4n) is 3.09. The molecule has 0 atom stereocenters. The van der Waals surface area contributed by atoms with E-state index in [2.05, 4.69) is 20.2 Å². The molecule has 1 aliphatic heterocycles. The maximum atomic E-state index is 11.3. The van der Waals surface area contributed by atoms with Crippen LogP contribution in [0.1, 0.15) is 10.4 Å². The predicted molar refractivity (Wildman–Crippen MR) is 103 cm³/mol. The molecule has 4 rings (SSSR count). The Kier molecular flexibility index (Phi) is 4.67. The topological polar surface area (TPSA) is 91.9 Å². The van der Waals surface area contributed by atoms with Gasteiger partial charge in [-0.15, -0.1) is 4.91 Å². The number of rotatable bonds is 3. The standard InChI is InChI=1S/C17H13Cl2N5O3/c18-11-1-2-14-12(8-11)15(22-27-14)23-3-5-24(6-4-23)16-13(19)7-10(9-20-16)17(25)21-26/h1-2,7-9H,3-6H2. The predicted octanol–water partition coefficient (Wildman–Crippen LogP) is 3.76. The number of fused-ring (bicyclic) bond motifs is 1. The van der Waals surface area contributed by atoms with E-state index in [1.54, 1.807) is 12.1 Å². The minimum Gasteiger partial charge on any atom is -0.354 e. The van der Waals surface area contributed by atoms with Crippen molar-refractivity contribution in [3.05, 3.63) is 51.0 Å². The Hall–Kier alpha value is -2.71. The van der Waals surface area contributed by atoms with E-state index in [1.807, 2.05) is 11.0 Å². The van der Waals surface area contributed by atoms with Crippen LogP contribution < -0.4 is 9.80 Å². The van der Waals surface area contributed by atoms with Crippen LogP contribution in [-0.4, -0.2) is 42.2 Å². The molecule has 0 aliphatic carbocycles. The molecule has 0 N–H and O–H groups in total. The normalized spacial score (nSPS) is 14.6. The lowest BCUT2D eigenvalue weighted by Gasteiger charge is -2.35. The first-order valence-corrected chi connectivity index (χ1v) is 8.90. The average Bonchev–Trinajstić information content (AvgIpc) is 3.10. The van der Waals surface area contributed by atoms with Gasteiger partial charge in [-0.25, -0.2) is 4.98 Å². The number of hydrogen-bond donors (Lipinski definition) is 0. The number of nitroso groups, excluding NO2 is 1. The van der Waals surface area contributed by atoms with E-state index in [9.17, 15) is 9.70 Å². The van der Waals surface area contributed by atoms with E-state index in [0.717, 1.165) is 11.2 Å². The Morgan fingerprint density at radius 3 is 2.44 bits per heavy atom. The molecule has 1 amide bonds. The summed E-state index contributed by atoms with van der Waals surface area (Å²) in [4.78, 5) is 30.0. The van der Waals surface area contributed by atoms with Gasteiger partial charge < -0.3 is 14.3 Å². The van der Waals surface area contributed by atoms with Crippen LogP contribution in [0.4, 0.5) is 11.6 Å². The first-order valence-electron chi connectivity index (χ1n) is 8.15. The van der Waals surface area contributed by atoms with Crippen LogP contribution in [0, 0.1) is 4.91 Å². The van der Waals surface area contributed by atoms with Crippen molar-refractivity contribution < 1.29 is 9.32 Å². The summed E-state index contributed by atoms with van der Waals surface area (Å²) in [6, 6.07) is 6.81. The molecular weight excluding hydrogens is 393 g/mol. The van der Waals surface area contributed by atoms with Crippen molar-refractivity contribution in [2.45, 2.75) is 0 Å². The number of benzene rings is 1. The summed E-state index contributed by atoms with van der Waals surface area (Å²) in [6.45, 7) is 2.67. The summed E-state index contributed by atoms with van der Waals surface area (Å²) in [6.07, 6.45) is 1.31. The summed E-state index contributed by atoms with van der Waals surface area (Å²) in [5.74, 6) is 0.424. The number of halogens is 2. The van der Waals surface area contributed by atoms with Crippen molar-refractivity contribution in [2.24, 2.45) is 5.18 Å². The van der Waals surface area contributed by atoms with Crippen LogP contribution in [0.5, 0.6) is 0 Å². The second-order valence-electron chi connectivity index (χ2n) is 6.05. The Bertz CT molecular complexity index is 1030. The largest absolute Gasteiger partial charge is 0.354 e. The highest BCUT2D eigenvalue weighted by Crippen LogP contribution is 2.31. The fraction of sp³-hybridized carbons (Fsp3) is 0.235. The zero-order valence-corrected chi connectivity index (χ0v) is 15.4. The second-order valence-corrected chi connectivity index (χ2v) is 6.89. The monoisotopic (exact) mass is 405 g/mol. The van der Waals surface area contributed by atoms with Gasteiger partial charge in [0.25, 0.3) is 0 Å². The minimum atomic E-state index is -0.891. The zero-order valence-electron chi connectivity index (χ0n) is 13.9. The first kappa shape index (κ1) is 17.7. The summed E-state index contributed by atoms with van der Waals surface area (Å²) >= 11 is 12.3. The SMILES string of the molecule is O=NC(=O)c1cnc(N2CCN(c3noc4ccc(Cl)cc34)CC2)c(Cl)c1. The van der Waals surface area contributed by atoms with Gasteiger partial charge in [-0.2, -0.15) is 0 Å². The molecule has 3 heterocycles. The molecule has 0 saturated carbocycles. The molecule has 8 nitrogen and oxygen atoms in total. The van der Waals surface area contributed by atoms with Gasteiger partial charge >= 0.3 is 5.91 Å². The van der Waals surface area contributed by atoms with Crippen molar-refractivity contribution in [2.75, 3.05) is 36.0 Å². The van der Waals surface area contributed by atoms with Crippen LogP contribution >= 0.6 is 23.2 Å². The van der Waals surface area contributed by atoms with Gasteiger partial charge in [-0.3, -0.25) is 4.79 Å². The average molecular weight is 406 g/mol. The summed E-state index contributed by atoms with van der Waals surface area (Å²) in [5, 5.41) is 8.35. The van der Waals surface area contributed by atoms with Gasteiger partial charge in [-0.05, 0) is 24.3 Å². The summed E-state index contributed by atoms with van der Waals surface area (Å²) in [5.41, 5.74) is 0.758. The lowest BCUT2D eigenvalue weighted by Crippen LogP contribution is -2.47. The number of aromatic nitrogens is 2. The first-order chi connectivity index (χ1) is 13.1. The molecule has 2 aromatic heterocycles. The highest BCUT2D eigenvalue weighted by molar-refractivity contribution is 6.33. The number of carbonyl (C=O) groups is 1. The number of nitrogens with zero attached hydrogens (tertiary/aromatic N) is 5. The Morgan fingerprint density at radius 2 is 1.78 bits per heavy atom. The van der Waals surface area contributed by atoms with Crippen molar-refractivity contribution in [1.82, 2.24) is 10.1 Å². The molecule has 0 bridgehead atoms. The van der Waals surface area contributed by atoms with E-state index < -0.39 is 5.91 Å². The third-order valence-electron chi connectivity index (χ3n) is 4.44. The third-order valence-corrected chi connectivity index (χ3v) is 4.96. The van der Waals surface area contributed by atoms with Crippen LogP contribution in [-0.2, 0) is 0 Å². The molecule has 0 unspecified atom stereocenters. The van der Waals surface area contributed by atoms with E-state index in [-0.39, 0.29) is 5.56 Å². The van der Waals surface area contributed by atoms with Crippen molar-refractivity contribution in [3.63, 3.8) is 0 Å². The molecule has 0 radical (unpaired) electrons. The molecule has 138 valence electrons. The van der Waals surface area contributed by atoms with Crippen LogP contribution in [0.15, 0.2) is 40.2 Å². The molecule has 3 aromatic rings. The van der Waals surface area contributed by atoms with Gasteiger partial charge in [0.15, 0.2) is 11.4 Å². The van der Waals surface area contributed by atoms with E-state index in [4.69, 9.17) is 27.7 Å². The summed E-state index contributed by atoms with van der Waals surface area (Å²) < 4.78 is 5.37. The van der Waals surface area contributed by atoms with Gasteiger partial charge in [0, 0.05) is 42.6 Å². The summed E-state index contributed by atoms with van der Waals surface area (Å²) in [7, 11) is 0. The number of piperazine rings is 1. The molecule has 1 aromatic carbocycles. The van der Waals surface area contributed by atoms with Crippen LogP contribution in [0.3, 0.4) is 0 Å². The highest BCUT2D eigenvalue weighted by Gasteiger charge is 2.24. The maximum Gasteiger partial charge on any atom is 0.318 e. The quantitative estimate of drug-likeness (QED) is 0.612. The second kappa shape index (κ2) is 7.13. The lowest BCUT2D eigenvalue weighted by molar-refractivity contribution is 0.100. The number of amides is 1. The van der Waals surface area contributed by atoms with Gasteiger partial charge in [-0.1, -0.05) is 28.4 Å². The van der Waals surface area contributed by atoms with E-state index >= 15 is 0 Å². The van der Waals surface area contributed by atoms with Crippen LogP contribution in [0.25, 0.3) is 11.0 Å². The van der Waals surface area contributed by atoms with E-state index in [0.29, 0.717) is 47.6 Å². The van der Waals surface area contributed by atoms with Gasteiger partial charge in [0.1, 0.15) is 5.82 Å². The molecular formula is C17H13Cl2N5O3. The third kappa shape index (κ3) is 3.33. The maximum absolute atomic E-state index is 11.3. The van der Waals surface area contributed by atoms with Crippen molar-refractivity contribution >= 4 is 51.7 Å². The van der Waals surface area contributed by atoms with E-state index in [1.165, 1.54) is 12.3 Å². The number of anilines is 2. The van der Waals surface area contributed by atoms with Gasteiger partial charge in [0.2, 0.25) is 0 Å². The lowest BCUT2D eigenvalue weighted by atomic mass is 10.2. The number of pyridine rings is 1. The Morgan fingerprint density at radius 1 is 1.07 bits per heavy atom. The Balaban J connectivity index is 1.51. The van der Waals surface area contributed by atoms with Crippen molar-refractivity contribution in [1.29, 1.82) is 0 Å². The molecule has 10 heteroatoms. The smallest absolute Gasteiger partial charge is 0.318 e. The Labute approximate surface area is 163 Å². The van der Waals surface area contributed by atoms with Crippen molar-refractivity contribution in [3.8, 4) is 0 Å². The zero-order chi connectivity index (χ0) is 19.0. The molecule has 0 spiro atoms. The molecule has 1 saturated heterocycles. The fourth-order valence-corrected chi connectivity index (χ4v) is 3.55. The number of hydrogen-bond acceptors (Lipinski definition) is 7. The van der Waals surface area contributed by atoms with Crippen LogP contribution in [0.2, 0.25) is 10.0 Å². The highest BCUT2D eigenvalue weighted by atomic mass is 35.5. The molecule has 1 fully saturated rings. The molecule has 27 heavy (non-hydrogen) atoms. The molecule has 1 aliphatic rings. The van der Waals surface area contributed by atoms with Gasteiger partial charge in [0.05, 0.1) is 16.0 Å². The minimum absolute atomic E-state index is 0.0725. The number of carbonyl (C=O) groups excluding carboxylic acids is 1.